The average Bonchev–Trinajstić information content (AvgIpc) is 2.78. The summed E-state index contributed by atoms with van der Waals surface area (Å²) in [5.74, 6) is 0.648. The minimum Gasteiger partial charge on any atom is -0.487 e. The number of fused-ring (bicyclic) bond motifs is 2. The fraction of sp³-hybridized carbons (Fsp3) is 0.400. The van der Waals surface area contributed by atoms with Crippen LogP contribution < -0.4 is 15.6 Å². The Bertz CT molecular complexity index is 1190. The van der Waals surface area contributed by atoms with Crippen LogP contribution in [0.3, 0.4) is 0 Å². The Morgan fingerprint density at radius 3 is 2.61 bits per heavy atom. The smallest absolute Gasteiger partial charge is 0.275 e. The maximum atomic E-state index is 13.0. The van der Waals surface area contributed by atoms with Gasteiger partial charge in [-0.3, -0.25) is 9.59 Å². The molecule has 6 nitrogen and oxygen atoms in total. The maximum absolute atomic E-state index is 13.0. The van der Waals surface area contributed by atoms with Gasteiger partial charge in [0.05, 0.1) is 17.1 Å². The van der Waals surface area contributed by atoms with Crippen molar-refractivity contribution >= 4 is 16.7 Å². The van der Waals surface area contributed by atoms with E-state index in [1.165, 1.54) is 11.1 Å². The van der Waals surface area contributed by atoms with Crippen LogP contribution in [0.4, 0.5) is 0 Å². The summed E-state index contributed by atoms with van der Waals surface area (Å²) in [6, 6.07) is 15.2. The van der Waals surface area contributed by atoms with Crippen LogP contribution in [0.1, 0.15) is 55.8 Å². The van der Waals surface area contributed by atoms with Crippen molar-refractivity contribution in [2.45, 2.75) is 63.6 Å². The highest BCUT2D eigenvalue weighted by atomic mass is 16.5. The topological polar surface area (TPSA) is 73.2 Å². The number of carbonyl (C=O) groups is 1. The molecule has 2 aliphatic rings. The van der Waals surface area contributed by atoms with E-state index in [4.69, 9.17) is 4.74 Å². The molecule has 1 aliphatic heterocycles. The monoisotopic (exact) mass is 417 g/mol. The third kappa shape index (κ3) is 3.71. The molecule has 31 heavy (non-hydrogen) atoms. The van der Waals surface area contributed by atoms with Gasteiger partial charge in [-0.25, -0.2) is 4.68 Å². The third-order valence-electron chi connectivity index (χ3n) is 6.64. The first-order valence-corrected chi connectivity index (χ1v) is 11.1. The van der Waals surface area contributed by atoms with E-state index >= 15 is 0 Å². The number of ether oxygens (including phenoxy) is 1. The number of carbonyl (C=O) groups excluding carboxylic acids is 1. The molecule has 1 aliphatic carbocycles. The Hall–Kier alpha value is -3.15. The summed E-state index contributed by atoms with van der Waals surface area (Å²) in [7, 11) is 0. The van der Waals surface area contributed by atoms with Crippen molar-refractivity contribution in [3.05, 3.63) is 70.1 Å². The third-order valence-corrected chi connectivity index (χ3v) is 6.64. The Morgan fingerprint density at radius 1 is 1.10 bits per heavy atom. The predicted octanol–water partition coefficient (Wildman–Crippen LogP) is 4.05. The van der Waals surface area contributed by atoms with Crippen molar-refractivity contribution < 1.29 is 9.53 Å². The lowest BCUT2D eigenvalue weighted by Crippen LogP contribution is -2.47. The first kappa shape index (κ1) is 19.8. The molecule has 6 heteroatoms. The van der Waals surface area contributed by atoms with Crippen LogP contribution in [0.5, 0.6) is 5.75 Å². The van der Waals surface area contributed by atoms with Gasteiger partial charge in [-0.1, -0.05) is 42.8 Å². The first-order valence-electron chi connectivity index (χ1n) is 11.1. The van der Waals surface area contributed by atoms with Gasteiger partial charge in [-0.2, -0.15) is 5.10 Å². The lowest BCUT2D eigenvalue weighted by Gasteiger charge is -2.44. The summed E-state index contributed by atoms with van der Waals surface area (Å²) in [6.45, 7) is 1.76. The number of hydrogen-bond acceptors (Lipinski definition) is 4. The fourth-order valence-electron chi connectivity index (χ4n) is 5.14. The Balaban J connectivity index is 1.41. The van der Waals surface area contributed by atoms with E-state index in [9.17, 15) is 9.59 Å². The van der Waals surface area contributed by atoms with E-state index in [1.807, 2.05) is 49.4 Å². The molecule has 3 aromatic rings. The maximum Gasteiger partial charge on any atom is 0.275 e. The molecule has 1 atom stereocenters. The number of aryl methyl sites for hydroxylation is 1. The SMILES string of the molecule is Cc1nn(CC(=O)NC2CC3(CCCCC3)Oc3ccccc32)c(=O)c2ccccc12. The van der Waals surface area contributed by atoms with E-state index in [0.29, 0.717) is 5.39 Å². The zero-order valence-electron chi connectivity index (χ0n) is 17.8. The molecule has 1 amide bonds. The highest BCUT2D eigenvalue weighted by Crippen LogP contribution is 2.45. The van der Waals surface area contributed by atoms with Crippen molar-refractivity contribution in [2.24, 2.45) is 0 Å². The molecule has 1 spiro atoms. The van der Waals surface area contributed by atoms with Crippen LogP contribution in [0.25, 0.3) is 10.8 Å². The quantitative estimate of drug-likeness (QED) is 0.698. The summed E-state index contributed by atoms with van der Waals surface area (Å²) in [6.07, 6.45) is 6.32. The van der Waals surface area contributed by atoms with Crippen molar-refractivity contribution in [1.29, 1.82) is 0 Å². The zero-order chi connectivity index (χ0) is 21.4. The Morgan fingerprint density at radius 2 is 1.81 bits per heavy atom. The molecule has 1 fully saturated rings. The number of benzene rings is 2. The minimum absolute atomic E-state index is 0.100. The van der Waals surface area contributed by atoms with Gasteiger partial charge in [0.15, 0.2) is 0 Å². The van der Waals surface area contributed by atoms with Gasteiger partial charge in [-0.05, 0) is 44.7 Å². The molecule has 5 rings (SSSR count). The van der Waals surface area contributed by atoms with E-state index in [-0.39, 0.29) is 29.7 Å². The number of nitrogens with one attached hydrogen (secondary N) is 1. The summed E-state index contributed by atoms with van der Waals surface area (Å²) in [5, 5.41) is 8.96. The number of hydrogen-bond donors (Lipinski definition) is 1. The number of aromatic nitrogens is 2. The van der Waals surface area contributed by atoms with Gasteiger partial charge < -0.3 is 10.1 Å². The summed E-state index contributed by atoms with van der Waals surface area (Å²) < 4.78 is 7.73. The van der Waals surface area contributed by atoms with Crippen LogP contribution in [0.2, 0.25) is 0 Å². The van der Waals surface area contributed by atoms with Crippen molar-refractivity contribution in [1.82, 2.24) is 15.1 Å². The number of nitrogens with zero attached hydrogens (tertiary/aromatic N) is 2. The molecule has 2 aromatic carbocycles. The van der Waals surface area contributed by atoms with Gasteiger partial charge in [0, 0.05) is 17.4 Å². The number of amides is 1. The lowest BCUT2D eigenvalue weighted by atomic mass is 9.77. The van der Waals surface area contributed by atoms with Gasteiger partial charge >= 0.3 is 0 Å². The van der Waals surface area contributed by atoms with Crippen molar-refractivity contribution in [3.8, 4) is 5.75 Å². The van der Waals surface area contributed by atoms with Crippen LogP contribution >= 0.6 is 0 Å². The number of para-hydroxylation sites is 1. The molecule has 0 saturated heterocycles. The molecule has 1 saturated carbocycles. The molecule has 0 bridgehead atoms. The van der Waals surface area contributed by atoms with Gasteiger partial charge in [-0.15, -0.1) is 0 Å². The first-order chi connectivity index (χ1) is 15.0. The normalized spacial score (nSPS) is 19.6. The molecular weight excluding hydrogens is 390 g/mol. The molecule has 2 heterocycles. The summed E-state index contributed by atoms with van der Waals surface area (Å²) >= 11 is 0. The van der Waals surface area contributed by atoms with Crippen LogP contribution in [0.15, 0.2) is 53.3 Å². The van der Waals surface area contributed by atoms with Crippen molar-refractivity contribution in [2.75, 3.05) is 0 Å². The van der Waals surface area contributed by atoms with E-state index in [1.54, 1.807) is 6.07 Å². The highest BCUT2D eigenvalue weighted by molar-refractivity contribution is 5.83. The molecule has 1 N–H and O–H groups in total. The summed E-state index contributed by atoms with van der Waals surface area (Å²) in [4.78, 5) is 25.9. The van der Waals surface area contributed by atoms with Gasteiger partial charge in [0.1, 0.15) is 17.9 Å². The van der Waals surface area contributed by atoms with Crippen LogP contribution in [0, 0.1) is 6.92 Å². The zero-order valence-corrected chi connectivity index (χ0v) is 17.8. The second kappa shape index (κ2) is 7.84. The van der Waals surface area contributed by atoms with Crippen LogP contribution in [-0.2, 0) is 11.3 Å². The minimum atomic E-state index is -0.243. The van der Waals surface area contributed by atoms with Gasteiger partial charge in [0.25, 0.3) is 5.56 Å². The van der Waals surface area contributed by atoms with E-state index in [2.05, 4.69) is 10.4 Å². The highest BCUT2D eigenvalue weighted by Gasteiger charge is 2.42. The Labute approximate surface area is 181 Å². The molecule has 1 aromatic heterocycles. The fourth-order valence-corrected chi connectivity index (χ4v) is 5.14. The van der Waals surface area contributed by atoms with E-state index < -0.39 is 0 Å². The molecule has 1 unspecified atom stereocenters. The molecular formula is C25H27N3O3. The van der Waals surface area contributed by atoms with Crippen LogP contribution in [-0.4, -0.2) is 21.3 Å². The standard InChI is InChI=1S/C25H27N3O3/c1-17-18-9-3-4-10-19(18)24(30)28(27-17)16-23(29)26-21-15-25(13-7-2-8-14-25)31-22-12-6-5-11-20(21)22/h3-6,9-12,21H,2,7-8,13-16H2,1H3,(H,26,29). The lowest BCUT2D eigenvalue weighted by molar-refractivity contribution is -0.123. The second-order valence-corrected chi connectivity index (χ2v) is 8.80. The number of rotatable bonds is 3. The van der Waals surface area contributed by atoms with Crippen molar-refractivity contribution in [3.63, 3.8) is 0 Å². The van der Waals surface area contributed by atoms with E-state index in [0.717, 1.165) is 54.5 Å². The Kier molecular flexibility index (Phi) is 5.00. The predicted molar refractivity (Wildman–Crippen MR) is 119 cm³/mol. The molecule has 0 radical (unpaired) electrons. The second-order valence-electron chi connectivity index (χ2n) is 8.80. The largest absolute Gasteiger partial charge is 0.487 e. The molecule has 160 valence electrons. The summed E-state index contributed by atoms with van der Waals surface area (Å²) in [5.41, 5.74) is 1.29. The average molecular weight is 418 g/mol. The van der Waals surface area contributed by atoms with Gasteiger partial charge in [0.2, 0.25) is 5.91 Å².